The number of anilines is 1. The predicted molar refractivity (Wildman–Crippen MR) is 89.7 cm³/mol. The largest absolute Gasteiger partial charge is 0.336 e. The zero-order valence-corrected chi connectivity index (χ0v) is 13.4. The Kier molecular flexibility index (Phi) is 4.26. The Morgan fingerprint density at radius 1 is 1.23 bits per heavy atom. The third kappa shape index (κ3) is 3.57. The fourth-order valence-corrected chi connectivity index (χ4v) is 2.62. The maximum Gasteiger partial charge on any atom is 0.130 e. The van der Waals surface area contributed by atoms with Crippen molar-refractivity contribution in [1.29, 1.82) is 5.26 Å². The van der Waals surface area contributed by atoms with Gasteiger partial charge in [0.05, 0.1) is 17.3 Å². The molecule has 0 aromatic heterocycles. The van der Waals surface area contributed by atoms with E-state index in [1.54, 1.807) is 17.3 Å². The SMILES string of the molecule is N#Cc1ccc(NN2CN(Cc3cccc(Br)c3)C=N2)cc1. The van der Waals surface area contributed by atoms with Gasteiger partial charge < -0.3 is 4.90 Å². The molecular formula is C16H14BrN5. The minimum Gasteiger partial charge on any atom is -0.336 e. The van der Waals surface area contributed by atoms with E-state index in [0.29, 0.717) is 12.2 Å². The standard InChI is InChI=1S/C16H14BrN5/c17-15-3-1-2-14(8-15)10-21-11-19-22(12-21)20-16-6-4-13(9-18)5-7-16/h1-8,11,20H,10,12H2. The van der Waals surface area contributed by atoms with Crippen molar-refractivity contribution in [1.82, 2.24) is 10.0 Å². The molecule has 0 aliphatic carbocycles. The van der Waals surface area contributed by atoms with Crippen LogP contribution in [0.25, 0.3) is 0 Å². The van der Waals surface area contributed by atoms with Gasteiger partial charge in [-0.25, -0.2) is 0 Å². The predicted octanol–water partition coefficient (Wildman–Crippen LogP) is 3.37. The van der Waals surface area contributed by atoms with Gasteiger partial charge in [0.15, 0.2) is 0 Å². The number of hydrogen-bond acceptors (Lipinski definition) is 5. The maximum absolute atomic E-state index is 8.79. The first-order valence-corrected chi connectivity index (χ1v) is 7.59. The molecule has 5 nitrogen and oxygen atoms in total. The first-order valence-electron chi connectivity index (χ1n) is 6.80. The molecule has 3 rings (SSSR count). The summed E-state index contributed by atoms with van der Waals surface area (Å²) in [7, 11) is 0. The molecule has 6 heteroatoms. The van der Waals surface area contributed by atoms with Gasteiger partial charge in [-0.1, -0.05) is 28.1 Å². The van der Waals surface area contributed by atoms with Crippen molar-refractivity contribution in [2.45, 2.75) is 6.54 Å². The van der Waals surface area contributed by atoms with Crippen LogP contribution in [-0.4, -0.2) is 23.0 Å². The van der Waals surface area contributed by atoms with Crippen molar-refractivity contribution in [2.75, 3.05) is 12.1 Å². The zero-order valence-electron chi connectivity index (χ0n) is 11.8. The Morgan fingerprint density at radius 2 is 2.05 bits per heavy atom. The highest BCUT2D eigenvalue weighted by Gasteiger charge is 2.14. The highest BCUT2D eigenvalue weighted by Crippen LogP contribution is 2.16. The molecule has 0 radical (unpaired) electrons. The molecule has 0 saturated carbocycles. The first kappa shape index (κ1) is 14.4. The minimum atomic E-state index is 0.645. The Hall–Kier alpha value is -2.52. The number of rotatable bonds is 4. The van der Waals surface area contributed by atoms with Gasteiger partial charge in [0.25, 0.3) is 0 Å². The molecule has 0 fully saturated rings. The number of benzene rings is 2. The van der Waals surface area contributed by atoms with Crippen LogP contribution in [0.5, 0.6) is 0 Å². The molecule has 1 heterocycles. The fourth-order valence-electron chi connectivity index (χ4n) is 2.17. The van der Waals surface area contributed by atoms with Crippen LogP contribution in [0.15, 0.2) is 58.1 Å². The molecule has 1 N–H and O–H groups in total. The second-order valence-corrected chi connectivity index (χ2v) is 5.87. The van der Waals surface area contributed by atoms with Crippen LogP contribution in [0.2, 0.25) is 0 Å². The van der Waals surface area contributed by atoms with Gasteiger partial charge in [0.1, 0.15) is 13.0 Å². The number of hydrazone groups is 1. The van der Waals surface area contributed by atoms with E-state index >= 15 is 0 Å². The van der Waals surface area contributed by atoms with Gasteiger partial charge in [-0.2, -0.15) is 10.4 Å². The molecule has 0 saturated heterocycles. The summed E-state index contributed by atoms with van der Waals surface area (Å²) in [6.07, 6.45) is 1.82. The highest BCUT2D eigenvalue weighted by atomic mass is 79.9. The van der Waals surface area contributed by atoms with Crippen LogP contribution < -0.4 is 5.43 Å². The van der Waals surface area contributed by atoms with Crippen molar-refractivity contribution in [2.24, 2.45) is 5.10 Å². The molecule has 0 atom stereocenters. The average molecular weight is 356 g/mol. The molecule has 0 unspecified atom stereocenters. The lowest BCUT2D eigenvalue weighted by molar-refractivity contribution is 0.271. The number of hydrogen-bond donors (Lipinski definition) is 1. The van der Waals surface area contributed by atoms with E-state index in [1.165, 1.54) is 5.56 Å². The topological polar surface area (TPSA) is 54.7 Å². The Bertz CT molecular complexity index is 720. The van der Waals surface area contributed by atoms with Crippen LogP contribution in [0, 0.1) is 11.3 Å². The van der Waals surface area contributed by atoms with E-state index in [2.05, 4.69) is 49.6 Å². The molecule has 2 aromatic carbocycles. The molecule has 2 aromatic rings. The van der Waals surface area contributed by atoms with Gasteiger partial charge in [0.2, 0.25) is 0 Å². The van der Waals surface area contributed by atoms with E-state index in [4.69, 9.17) is 5.26 Å². The Labute approximate surface area is 137 Å². The summed E-state index contributed by atoms with van der Waals surface area (Å²) < 4.78 is 1.08. The Morgan fingerprint density at radius 3 is 2.77 bits per heavy atom. The van der Waals surface area contributed by atoms with Crippen molar-refractivity contribution in [3.05, 3.63) is 64.1 Å². The lowest BCUT2D eigenvalue weighted by atomic mass is 10.2. The number of nitrogens with one attached hydrogen (secondary N) is 1. The monoisotopic (exact) mass is 355 g/mol. The lowest BCUT2D eigenvalue weighted by Gasteiger charge is -2.20. The van der Waals surface area contributed by atoms with E-state index in [0.717, 1.165) is 16.7 Å². The van der Waals surface area contributed by atoms with Gasteiger partial charge in [-0.15, -0.1) is 5.10 Å². The van der Waals surface area contributed by atoms with E-state index < -0.39 is 0 Å². The second kappa shape index (κ2) is 6.50. The van der Waals surface area contributed by atoms with Gasteiger partial charge >= 0.3 is 0 Å². The van der Waals surface area contributed by atoms with Crippen LogP contribution in [0.4, 0.5) is 5.69 Å². The fraction of sp³-hybridized carbons (Fsp3) is 0.125. The zero-order chi connectivity index (χ0) is 15.4. The highest BCUT2D eigenvalue weighted by molar-refractivity contribution is 9.10. The third-order valence-corrected chi connectivity index (χ3v) is 3.71. The molecular weight excluding hydrogens is 342 g/mol. The minimum absolute atomic E-state index is 0.645. The van der Waals surface area contributed by atoms with Crippen molar-refractivity contribution >= 4 is 28.0 Å². The van der Waals surface area contributed by atoms with E-state index in [1.807, 2.05) is 30.6 Å². The smallest absolute Gasteiger partial charge is 0.130 e. The molecule has 110 valence electrons. The molecule has 1 aliphatic heterocycles. The molecule has 0 bridgehead atoms. The van der Waals surface area contributed by atoms with E-state index in [9.17, 15) is 0 Å². The summed E-state index contributed by atoms with van der Waals surface area (Å²) in [5.74, 6) is 0. The van der Waals surface area contributed by atoms with Crippen molar-refractivity contribution in [3.63, 3.8) is 0 Å². The first-order chi connectivity index (χ1) is 10.7. The van der Waals surface area contributed by atoms with Gasteiger partial charge in [-0.3, -0.25) is 5.43 Å². The number of nitriles is 1. The van der Waals surface area contributed by atoms with Crippen LogP contribution in [0.3, 0.4) is 0 Å². The third-order valence-electron chi connectivity index (χ3n) is 3.22. The molecule has 0 amide bonds. The van der Waals surface area contributed by atoms with Gasteiger partial charge in [0, 0.05) is 11.0 Å². The van der Waals surface area contributed by atoms with Gasteiger partial charge in [-0.05, 0) is 42.0 Å². The normalized spacial score (nSPS) is 13.3. The van der Waals surface area contributed by atoms with Crippen molar-refractivity contribution < 1.29 is 0 Å². The number of hydrazine groups is 1. The summed E-state index contributed by atoms with van der Waals surface area (Å²) in [5, 5.41) is 14.9. The van der Waals surface area contributed by atoms with Crippen LogP contribution >= 0.6 is 15.9 Å². The second-order valence-electron chi connectivity index (χ2n) is 4.95. The summed E-state index contributed by atoms with van der Waals surface area (Å²) >= 11 is 3.48. The van der Waals surface area contributed by atoms with Crippen molar-refractivity contribution in [3.8, 4) is 6.07 Å². The molecule has 1 aliphatic rings. The van der Waals surface area contributed by atoms with E-state index in [-0.39, 0.29) is 0 Å². The number of halogens is 1. The summed E-state index contributed by atoms with van der Waals surface area (Å²) in [5.41, 5.74) is 5.97. The lowest BCUT2D eigenvalue weighted by Crippen LogP contribution is -2.30. The molecule has 0 spiro atoms. The summed E-state index contributed by atoms with van der Waals surface area (Å²) in [6.45, 7) is 1.46. The summed E-state index contributed by atoms with van der Waals surface area (Å²) in [4.78, 5) is 2.11. The van der Waals surface area contributed by atoms with Crippen LogP contribution in [0.1, 0.15) is 11.1 Å². The average Bonchev–Trinajstić information content (AvgIpc) is 2.95. The number of nitrogens with zero attached hydrogens (tertiary/aromatic N) is 4. The van der Waals surface area contributed by atoms with Crippen LogP contribution in [-0.2, 0) is 6.54 Å². The quantitative estimate of drug-likeness (QED) is 0.913. The maximum atomic E-state index is 8.79. The Balaban J connectivity index is 1.56. The summed E-state index contributed by atoms with van der Waals surface area (Å²) in [6, 6.07) is 17.6. The molecule has 22 heavy (non-hydrogen) atoms.